The van der Waals surface area contributed by atoms with Gasteiger partial charge in [0.2, 0.25) is 5.91 Å². The van der Waals surface area contributed by atoms with Crippen molar-refractivity contribution in [2.24, 2.45) is 0 Å². The first-order chi connectivity index (χ1) is 13.1. The van der Waals surface area contributed by atoms with Gasteiger partial charge >= 0.3 is 0 Å². The Morgan fingerprint density at radius 3 is 2.78 bits per heavy atom. The summed E-state index contributed by atoms with van der Waals surface area (Å²) in [5.41, 5.74) is 2.88. The number of fused-ring (bicyclic) bond motifs is 1. The number of rotatable bonds is 3. The average Bonchev–Trinajstić information content (AvgIpc) is 2.70. The third-order valence-electron chi connectivity index (χ3n) is 5.44. The van der Waals surface area contributed by atoms with Crippen molar-refractivity contribution in [2.75, 3.05) is 13.1 Å². The third-order valence-corrected chi connectivity index (χ3v) is 5.44. The van der Waals surface area contributed by atoms with Gasteiger partial charge in [-0.3, -0.25) is 14.2 Å². The van der Waals surface area contributed by atoms with Crippen LogP contribution in [0.15, 0.2) is 59.7 Å². The van der Waals surface area contributed by atoms with Crippen molar-refractivity contribution < 1.29 is 4.79 Å². The van der Waals surface area contributed by atoms with Crippen molar-refractivity contribution in [3.63, 3.8) is 0 Å². The molecule has 1 aromatic heterocycles. The number of hydrogen-bond acceptors (Lipinski definition) is 3. The van der Waals surface area contributed by atoms with Crippen molar-refractivity contribution in [1.29, 1.82) is 0 Å². The number of likely N-dealkylation sites (tertiary alicyclic amines) is 1. The van der Waals surface area contributed by atoms with Crippen molar-refractivity contribution >= 4 is 16.8 Å². The summed E-state index contributed by atoms with van der Waals surface area (Å²) in [6, 6.07) is 15.4. The van der Waals surface area contributed by atoms with E-state index < -0.39 is 0 Å². The first kappa shape index (κ1) is 17.5. The van der Waals surface area contributed by atoms with Gasteiger partial charge in [-0.1, -0.05) is 36.4 Å². The fourth-order valence-electron chi connectivity index (χ4n) is 3.83. The molecular formula is C22H23N3O2. The van der Waals surface area contributed by atoms with E-state index in [0.717, 1.165) is 30.5 Å². The van der Waals surface area contributed by atoms with Gasteiger partial charge in [-0.05, 0) is 43.0 Å². The number of carbonyl (C=O) groups excluding carboxylic acids is 1. The first-order valence-corrected chi connectivity index (χ1v) is 9.41. The summed E-state index contributed by atoms with van der Waals surface area (Å²) in [5, 5.41) is 0.628. The second kappa shape index (κ2) is 7.35. The molecule has 0 spiro atoms. The highest BCUT2D eigenvalue weighted by atomic mass is 16.2. The number of piperidine rings is 1. The molecule has 0 saturated carbocycles. The monoisotopic (exact) mass is 361 g/mol. The Kier molecular flexibility index (Phi) is 4.75. The minimum absolute atomic E-state index is 0.0239. The molecule has 0 N–H and O–H groups in total. The maximum absolute atomic E-state index is 12.9. The van der Waals surface area contributed by atoms with Gasteiger partial charge in [0.15, 0.2) is 0 Å². The second-order valence-electron chi connectivity index (χ2n) is 7.21. The molecule has 4 rings (SSSR count). The lowest BCUT2D eigenvalue weighted by Crippen LogP contribution is -2.43. The molecule has 1 aliphatic rings. The van der Waals surface area contributed by atoms with Crippen LogP contribution in [-0.2, 0) is 11.2 Å². The molecule has 138 valence electrons. The number of carbonyl (C=O) groups is 1. The summed E-state index contributed by atoms with van der Waals surface area (Å²) < 4.78 is 1.70. The lowest BCUT2D eigenvalue weighted by molar-refractivity contribution is -0.132. The van der Waals surface area contributed by atoms with Gasteiger partial charge in [-0.25, -0.2) is 4.98 Å². The van der Waals surface area contributed by atoms with E-state index in [1.807, 2.05) is 60.4 Å². The van der Waals surface area contributed by atoms with Crippen LogP contribution in [0.2, 0.25) is 0 Å². The predicted molar refractivity (Wildman–Crippen MR) is 106 cm³/mol. The van der Waals surface area contributed by atoms with E-state index in [4.69, 9.17) is 0 Å². The molecule has 3 aromatic rings. The number of aryl methyl sites for hydroxylation is 1. The number of para-hydroxylation sites is 1. The van der Waals surface area contributed by atoms with Crippen molar-refractivity contribution in [2.45, 2.75) is 32.2 Å². The summed E-state index contributed by atoms with van der Waals surface area (Å²) in [6.45, 7) is 3.34. The first-order valence-electron chi connectivity index (χ1n) is 9.41. The fraction of sp³-hybridized carbons (Fsp3) is 0.318. The van der Waals surface area contributed by atoms with Crippen LogP contribution < -0.4 is 5.56 Å². The molecule has 5 heteroatoms. The minimum atomic E-state index is -0.0289. The zero-order valence-corrected chi connectivity index (χ0v) is 15.5. The third kappa shape index (κ3) is 3.50. The molecule has 5 nitrogen and oxygen atoms in total. The SMILES string of the molecule is Cc1ccccc1CC(=O)N1CCC[C@H](n2cnc3ccccc3c2=O)C1. The van der Waals surface area contributed by atoms with E-state index in [-0.39, 0.29) is 17.5 Å². The largest absolute Gasteiger partial charge is 0.340 e. The molecule has 0 unspecified atom stereocenters. The van der Waals surface area contributed by atoms with Crippen LogP contribution in [0.3, 0.4) is 0 Å². The van der Waals surface area contributed by atoms with E-state index >= 15 is 0 Å². The van der Waals surface area contributed by atoms with Gasteiger partial charge in [0.05, 0.1) is 29.7 Å². The molecule has 2 heterocycles. The summed E-state index contributed by atoms with van der Waals surface area (Å²) in [6.07, 6.45) is 3.81. The summed E-state index contributed by atoms with van der Waals surface area (Å²) >= 11 is 0. The van der Waals surface area contributed by atoms with Gasteiger partial charge in [0.1, 0.15) is 0 Å². The molecular weight excluding hydrogens is 338 g/mol. The van der Waals surface area contributed by atoms with Gasteiger partial charge < -0.3 is 4.90 Å². The predicted octanol–water partition coefficient (Wildman–Crippen LogP) is 3.11. The minimum Gasteiger partial charge on any atom is -0.340 e. The van der Waals surface area contributed by atoms with Gasteiger partial charge in [-0.2, -0.15) is 0 Å². The van der Waals surface area contributed by atoms with Crippen molar-refractivity contribution in [3.8, 4) is 0 Å². The molecule has 1 amide bonds. The highest BCUT2D eigenvalue weighted by Crippen LogP contribution is 2.22. The van der Waals surface area contributed by atoms with Crippen LogP contribution in [0.5, 0.6) is 0 Å². The van der Waals surface area contributed by atoms with Gasteiger partial charge in [-0.15, -0.1) is 0 Å². The van der Waals surface area contributed by atoms with E-state index in [0.29, 0.717) is 23.9 Å². The van der Waals surface area contributed by atoms with Crippen molar-refractivity contribution in [1.82, 2.24) is 14.5 Å². The van der Waals surface area contributed by atoms with E-state index in [1.165, 1.54) is 0 Å². The highest BCUT2D eigenvalue weighted by molar-refractivity contribution is 5.79. The molecule has 27 heavy (non-hydrogen) atoms. The Hall–Kier alpha value is -2.95. The zero-order valence-electron chi connectivity index (χ0n) is 15.5. The molecule has 0 bridgehead atoms. The number of aromatic nitrogens is 2. The molecule has 1 fully saturated rings. The van der Waals surface area contributed by atoms with E-state index in [1.54, 1.807) is 10.9 Å². The van der Waals surface area contributed by atoms with Gasteiger partial charge in [0, 0.05) is 13.1 Å². The Balaban J connectivity index is 1.55. The number of benzene rings is 2. The van der Waals surface area contributed by atoms with Crippen LogP contribution in [-0.4, -0.2) is 33.4 Å². The molecule has 0 radical (unpaired) electrons. The summed E-state index contributed by atoms with van der Waals surface area (Å²) in [4.78, 5) is 32.0. The Morgan fingerprint density at radius 2 is 1.93 bits per heavy atom. The summed E-state index contributed by atoms with van der Waals surface area (Å²) in [5.74, 6) is 0.121. The van der Waals surface area contributed by atoms with Crippen LogP contribution in [0.4, 0.5) is 0 Å². The van der Waals surface area contributed by atoms with Gasteiger partial charge in [0.25, 0.3) is 5.56 Å². The average molecular weight is 361 g/mol. The van der Waals surface area contributed by atoms with Crippen LogP contribution in [0.1, 0.15) is 30.0 Å². The van der Waals surface area contributed by atoms with E-state index in [2.05, 4.69) is 4.98 Å². The number of amides is 1. The topological polar surface area (TPSA) is 55.2 Å². The van der Waals surface area contributed by atoms with Crippen molar-refractivity contribution in [3.05, 3.63) is 76.3 Å². The lowest BCUT2D eigenvalue weighted by Gasteiger charge is -2.33. The lowest BCUT2D eigenvalue weighted by atomic mass is 10.0. The second-order valence-corrected chi connectivity index (χ2v) is 7.21. The Labute approximate surface area is 158 Å². The molecule has 1 saturated heterocycles. The normalized spacial score (nSPS) is 17.2. The number of hydrogen-bond donors (Lipinski definition) is 0. The smallest absolute Gasteiger partial charge is 0.261 e. The van der Waals surface area contributed by atoms with Crippen LogP contribution in [0, 0.1) is 6.92 Å². The standard InChI is InChI=1S/C22H23N3O2/c1-16-7-2-3-8-17(16)13-21(26)24-12-6-9-18(14-24)25-15-23-20-11-5-4-10-19(20)22(25)27/h2-5,7-8,10-11,15,18H,6,9,12-14H2,1H3/t18-/m0/s1. The Bertz CT molecular complexity index is 1040. The summed E-state index contributed by atoms with van der Waals surface area (Å²) in [7, 11) is 0. The van der Waals surface area contributed by atoms with Crippen LogP contribution in [0.25, 0.3) is 10.9 Å². The maximum Gasteiger partial charge on any atom is 0.261 e. The number of nitrogens with zero attached hydrogens (tertiary/aromatic N) is 3. The van der Waals surface area contributed by atoms with Crippen LogP contribution >= 0.6 is 0 Å². The highest BCUT2D eigenvalue weighted by Gasteiger charge is 2.26. The molecule has 2 aromatic carbocycles. The molecule has 0 aliphatic carbocycles. The fourth-order valence-corrected chi connectivity index (χ4v) is 3.83. The molecule has 1 atom stereocenters. The quantitative estimate of drug-likeness (QED) is 0.720. The Morgan fingerprint density at radius 1 is 1.15 bits per heavy atom. The van der Waals surface area contributed by atoms with E-state index in [9.17, 15) is 9.59 Å². The maximum atomic E-state index is 12.9. The zero-order chi connectivity index (χ0) is 18.8. The molecule has 1 aliphatic heterocycles.